The molecule has 1 heteroatoms. The van der Waals surface area contributed by atoms with Crippen LogP contribution < -0.4 is 0 Å². The van der Waals surface area contributed by atoms with E-state index in [4.69, 9.17) is 0 Å². The molecule has 0 saturated carbocycles. The third kappa shape index (κ3) is 3.60. The lowest BCUT2D eigenvalue weighted by atomic mass is 9.65. The minimum atomic E-state index is -0.515. The third-order valence-corrected chi connectivity index (χ3v) is 6.13. The molecule has 3 rings (SSSR count). The lowest BCUT2D eigenvalue weighted by Crippen LogP contribution is -2.30. The van der Waals surface area contributed by atoms with E-state index in [1.165, 1.54) is 30.4 Å². The van der Waals surface area contributed by atoms with E-state index >= 15 is 0 Å². The first-order valence-electron chi connectivity index (χ1n) is 9.35. The molecule has 24 heavy (non-hydrogen) atoms. The number of allylic oxidation sites excluding steroid dienone is 2. The van der Waals surface area contributed by atoms with Crippen molar-refractivity contribution in [1.29, 1.82) is 0 Å². The fourth-order valence-corrected chi connectivity index (χ4v) is 4.31. The highest BCUT2D eigenvalue weighted by atomic mass is 16.3. The van der Waals surface area contributed by atoms with E-state index in [1.807, 2.05) is 6.07 Å². The number of hydrogen-bond donors (Lipinski definition) is 1. The predicted molar refractivity (Wildman–Crippen MR) is 101 cm³/mol. The summed E-state index contributed by atoms with van der Waals surface area (Å²) < 4.78 is 0. The number of aryl methyl sites for hydroxylation is 2. The Balaban J connectivity index is 1.73. The Kier molecular flexibility index (Phi) is 4.88. The first-order chi connectivity index (χ1) is 11.4. The highest BCUT2D eigenvalue weighted by Crippen LogP contribution is 2.48. The zero-order valence-electron chi connectivity index (χ0n) is 15.6. The lowest BCUT2D eigenvalue weighted by molar-refractivity contribution is 0.141. The summed E-state index contributed by atoms with van der Waals surface area (Å²) >= 11 is 0. The molecular weight excluding hydrogens is 292 g/mol. The van der Waals surface area contributed by atoms with Gasteiger partial charge >= 0.3 is 0 Å². The van der Waals surface area contributed by atoms with E-state index < -0.39 is 6.10 Å². The fraction of sp³-hybridized carbons (Fsp3) is 0.565. The first kappa shape index (κ1) is 17.3. The molecule has 0 aromatic heterocycles. The molecule has 2 unspecified atom stereocenters. The summed E-state index contributed by atoms with van der Waals surface area (Å²) in [4.78, 5) is 0. The van der Waals surface area contributed by atoms with Gasteiger partial charge in [-0.25, -0.2) is 0 Å². The zero-order chi connectivity index (χ0) is 17.3. The van der Waals surface area contributed by atoms with E-state index in [2.05, 4.69) is 51.7 Å². The Hall–Kier alpha value is -1.52. The predicted octanol–water partition coefficient (Wildman–Crippen LogP) is 5.32. The SMILES string of the molecule is Cc1ccc(C#CC(O)C2CCC3=C(C2)C(C)(C)CCC3)cc1C. The first-order valence-corrected chi connectivity index (χ1v) is 9.35. The van der Waals surface area contributed by atoms with Crippen molar-refractivity contribution in [3.05, 3.63) is 46.0 Å². The fourth-order valence-electron chi connectivity index (χ4n) is 4.31. The summed E-state index contributed by atoms with van der Waals surface area (Å²) in [5, 5.41) is 10.6. The molecule has 1 nitrogen and oxygen atoms in total. The molecule has 1 aromatic rings. The summed E-state index contributed by atoms with van der Waals surface area (Å²) in [7, 11) is 0. The molecule has 0 bridgehead atoms. The van der Waals surface area contributed by atoms with Crippen LogP contribution in [0.4, 0.5) is 0 Å². The summed E-state index contributed by atoms with van der Waals surface area (Å²) in [5.41, 5.74) is 7.16. The van der Waals surface area contributed by atoms with Gasteiger partial charge in [0.05, 0.1) is 0 Å². The smallest absolute Gasteiger partial charge is 0.118 e. The average molecular weight is 322 g/mol. The average Bonchev–Trinajstić information content (AvgIpc) is 2.55. The summed E-state index contributed by atoms with van der Waals surface area (Å²) in [5.74, 6) is 6.60. The Labute approximate surface area is 147 Å². The van der Waals surface area contributed by atoms with Gasteiger partial charge in [-0.3, -0.25) is 0 Å². The molecule has 0 spiro atoms. The van der Waals surface area contributed by atoms with Crippen molar-refractivity contribution in [2.24, 2.45) is 11.3 Å². The van der Waals surface area contributed by atoms with Gasteiger partial charge in [0.2, 0.25) is 0 Å². The topological polar surface area (TPSA) is 20.2 Å². The van der Waals surface area contributed by atoms with Crippen LogP contribution in [0, 0.1) is 37.0 Å². The number of benzene rings is 1. The standard InChI is InChI=1S/C23H30O/c1-16-7-8-18(14-17(16)2)9-12-22(24)20-11-10-19-6-5-13-23(3,4)21(19)15-20/h7-8,14,20,22,24H,5-6,10-11,13,15H2,1-4H3. The van der Waals surface area contributed by atoms with Crippen LogP contribution >= 0.6 is 0 Å². The summed E-state index contributed by atoms with van der Waals surface area (Å²) in [6.45, 7) is 8.96. The molecule has 0 radical (unpaired) electrons. The second kappa shape index (κ2) is 6.77. The minimum absolute atomic E-state index is 0.292. The molecule has 1 aromatic carbocycles. The van der Waals surface area contributed by atoms with Crippen LogP contribution in [0.1, 0.15) is 69.1 Å². The Morgan fingerprint density at radius 1 is 1.17 bits per heavy atom. The van der Waals surface area contributed by atoms with Crippen molar-refractivity contribution in [2.75, 3.05) is 0 Å². The highest BCUT2D eigenvalue weighted by molar-refractivity contribution is 5.40. The summed E-state index contributed by atoms with van der Waals surface area (Å²) in [6.07, 6.45) is 6.64. The van der Waals surface area contributed by atoms with Crippen LogP contribution in [0.5, 0.6) is 0 Å². The molecule has 0 saturated heterocycles. The molecule has 0 heterocycles. The number of aliphatic hydroxyl groups is 1. The van der Waals surface area contributed by atoms with Gasteiger partial charge in [-0.15, -0.1) is 0 Å². The summed E-state index contributed by atoms with van der Waals surface area (Å²) in [6, 6.07) is 6.27. The van der Waals surface area contributed by atoms with E-state index in [0.29, 0.717) is 11.3 Å². The minimum Gasteiger partial charge on any atom is -0.380 e. The molecule has 0 amide bonds. The van der Waals surface area contributed by atoms with Crippen LogP contribution in [0.15, 0.2) is 29.3 Å². The van der Waals surface area contributed by atoms with Crippen molar-refractivity contribution < 1.29 is 5.11 Å². The Morgan fingerprint density at radius 2 is 1.96 bits per heavy atom. The number of rotatable bonds is 1. The normalized spacial score (nSPS) is 24.0. The maximum atomic E-state index is 10.6. The third-order valence-electron chi connectivity index (χ3n) is 6.13. The van der Waals surface area contributed by atoms with Crippen molar-refractivity contribution in [3.63, 3.8) is 0 Å². The van der Waals surface area contributed by atoms with Crippen molar-refractivity contribution in [3.8, 4) is 11.8 Å². The molecule has 1 N–H and O–H groups in total. The molecule has 0 fully saturated rings. The van der Waals surface area contributed by atoms with Crippen LogP contribution in [0.25, 0.3) is 0 Å². The van der Waals surface area contributed by atoms with Gasteiger partial charge in [0.1, 0.15) is 6.10 Å². The van der Waals surface area contributed by atoms with E-state index in [1.54, 1.807) is 11.1 Å². The molecule has 0 aliphatic heterocycles. The van der Waals surface area contributed by atoms with Gasteiger partial charge in [-0.05, 0) is 81.0 Å². The van der Waals surface area contributed by atoms with Crippen LogP contribution in [0.3, 0.4) is 0 Å². The van der Waals surface area contributed by atoms with Crippen LogP contribution in [0.2, 0.25) is 0 Å². The molecular formula is C23H30O. The molecule has 2 aliphatic carbocycles. The molecule has 2 atom stereocenters. The van der Waals surface area contributed by atoms with Gasteiger partial charge in [-0.1, -0.05) is 42.9 Å². The van der Waals surface area contributed by atoms with Gasteiger partial charge in [-0.2, -0.15) is 0 Å². The largest absolute Gasteiger partial charge is 0.380 e. The van der Waals surface area contributed by atoms with Crippen LogP contribution in [-0.4, -0.2) is 11.2 Å². The number of hydrogen-bond acceptors (Lipinski definition) is 1. The Bertz CT molecular complexity index is 711. The second-order valence-electron chi connectivity index (χ2n) is 8.34. The second-order valence-corrected chi connectivity index (χ2v) is 8.34. The maximum Gasteiger partial charge on any atom is 0.118 e. The van der Waals surface area contributed by atoms with Gasteiger partial charge in [0.25, 0.3) is 0 Å². The Morgan fingerprint density at radius 3 is 2.71 bits per heavy atom. The van der Waals surface area contributed by atoms with Gasteiger partial charge in [0, 0.05) is 11.5 Å². The lowest BCUT2D eigenvalue weighted by Gasteiger charge is -2.41. The monoisotopic (exact) mass is 322 g/mol. The van der Waals surface area contributed by atoms with E-state index in [0.717, 1.165) is 24.8 Å². The maximum absolute atomic E-state index is 10.6. The van der Waals surface area contributed by atoms with Crippen molar-refractivity contribution in [2.45, 2.75) is 72.3 Å². The van der Waals surface area contributed by atoms with Crippen molar-refractivity contribution in [1.82, 2.24) is 0 Å². The quantitative estimate of drug-likeness (QED) is 0.548. The van der Waals surface area contributed by atoms with E-state index in [-0.39, 0.29) is 0 Å². The highest BCUT2D eigenvalue weighted by Gasteiger charge is 2.35. The zero-order valence-corrected chi connectivity index (χ0v) is 15.6. The molecule has 2 aliphatic rings. The van der Waals surface area contributed by atoms with E-state index in [9.17, 15) is 5.11 Å². The van der Waals surface area contributed by atoms with Gasteiger partial charge in [0.15, 0.2) is 0 Å². The molecule has 128 valence electrons. The number of aliphatic hydroxyl groups excluding tert-OH is 1. The van der Waals surface area contributed by atoms with Crippen LogP contribution in [-0.2, 0) is 0 Å². The van der Waals surface area contributed by atoms with Crippen molar-refractivity contribution >= 4 is 0 Å². The van der Waals surface area contributed by atoms with Gasteiger partial charge < -0.3 is 5.11 Å².